The highest BCUT2D eigenvalue weighted by atomic mass is 32.2. The molecule has 0 aromatic heterocycles. The largest absolute Gasteiger partial charge is 0.294 e. The third-order valence-electron chi connectivity index (χ3n) is 5.30. The standard InChI is InChI=1S/C18H28OS/c1-5-6-11-20-12-15-7-8-16-14(3)13(2)9-10-18(16,4)17(15)19/h12-13,16H,3,5-11H2,1-2,4H3/b15-12+/t13-,16-,18-/m0/s1. The summed E-state index contributed by atoms with van der Waals surface area (Å²) in [6, 6.07) is 0. The Hall–Kier alpha value is -0.500. The maximum absolute atomic E-state index is 12.9. The number of fused-ring (bicyclic) bond motifs is 1. The Bertz CT molecular complexity index is 423. The normalized spacial score (nSPS) is 36.2. The first-order chi connectivity index (χ1) is 9.50. The van der Waals surface area contributed by atoms with Crippen molar-refractivity contribution < 1.29 is 4.79 Å². The van der Waals surface area contributed by atoms with Gasteiger partial charge in [0, 0.05) is 11.0 Å². The lowest BCUT2D eigenvalue weighted by Gasteiger charge is -2.47. The second kappa shape index (κ2) is 6.51. The highest BCUT2D eigenvalue weighted by Gasteiger charge is 2.49. The van der Waals surface area contributed by atoms with Crippen LogP contribution in [0.5, 0.6) is 0 Å². The number of hydrogen-bond acceptors (Lipinski definition) is 2. The van der Waals surface area contributed by atoms with Gasteiger partial charge < -0.3 is 0 Å². The van der Waals surface area contributed by atoms with Gasteiger partial charge in [-0.15, -0.1) is 11.8 Å². The Balaban J connectivity index is 2.10. The number of thioether (sulfide) groups is 1. The van der Waals surface area contributed by atoms with Crippen molar-refractivity contribution in [2.45, 2.75) is 59.3 Å². The zero-order valence-electron chi connectivity index (χ0n) is 13.2. The molecule has 0 spiro atoms. The summed E-state index contributed by atoms with van der Waals surface area (Å²) in [5.74, 6) is 2.55. The van der Waals surface area contributed by atoms with Crippen LogP contribution in [-0.2, 0) is 4.79 Å². The van der Waals surface area contributed by atoms with E-state index in [0.29, 0.717) is 17.6 Å². The summed E-state index contributed by atoms with van der Waals surface area (Å²) in [5.41, 5.74) is 2.23. The minimum absolute atomic E-state index is 0.168. The molecule has 2 rings (SSSR count). The third kappa shape index (κ3) is 2.90. The molecule has 2 aliphatic carbocycles. The van der Waals surface area contributed by atoms with E-state index in [0.717, 1.165) is 37.0 Å². The van der Waals surface area contributed by atoms with Gasteiger partial charge in [0.1, 0.15) is 0 Å². The molecule has 0 amide bonds. The van der Waals surface area contributed by atoms with Crippen molar-refractivity contribution in [1.82, 2.24) is 0 Å². The molecule has 20 heavy (non-hydrogen) atoms. The third-order valence-corrected chi connectivity index (χ3v) is 6.28. The molecule has 2 aliphatic rings. The van der Waals surface area contributed by atoms with E-state index in [2.05, 4.69) is 32.8 Å². The van der Waals surface area contributed by atoms with Crippen LogP contribution in [0.2, 0.25) is 0 Å². The molecule has 3 atom stereocenters. The van der Waals surface area contributed by atoms with Crippen LogP contribution >= 0.6 is 11.8 Å². The predicted octanol–water partition coefficient (Wildman–Crippen LogP) is 5.38. The summed E-state index contributed by atoms with van der Waals surface area (Å²) in [5, 5.41) is 2.15. The Morgan fingerprint density at radius 2 is 2.20 bits per heavy atom. The van der Waals surface area contributed by atoms with Gasteiger partial charge in [-0.1, -0.05) is 39.3 Å². The van der Waals surface area contributed by atoms with Gasteiger partial charge in [0.2, 0.25) is 0 Å². The maximum atomic E-state index is 12.9. The number of rotatable bonds is 4. The molecule has 0 aromatic rings. The van der Waals surface area contributed by atoms with Gasteiger partial charge in [-0.25, -0.2) is 0 Å². The molecule has 2 fully saturated rings. The number of unbranched alkanes of at least 4 members (excludes halogenated alkanes) is 1. The maximum Gasteiger partial charge on any atom is 0.165 e. The monoisotopic (exact) mass is 292 g/mol. The Kier molecular flexibility index (Phi) is 5.17. The molecule has 2 saturated carbocycles. The Morgan fingerprint density at radius 1 is 1.45 bits per heavy atom. The molecule has 112 valence electrons. The summed E-state index contributed by atoms with van der Waals surface area (Å²) in [6.45, 7) is 10.9. The highest BCUT2D eigenvalue weighted by molar-refractivity contribution is 8.02. The van der Waals surface area contributed by atoms with Crippen molar-refractivity contribution in [1.29, 1.82) is 0 Å². The van der Waals surface area contributed by atoms with Crippen LogP contribution in [0.3, 0.4) is 0 Å². The average molecular weight is 292 g/mol. The van der Waals surface area contributed by atoms with Gasteiger partial charge in [0.25, 0.3) is 0 Å². The zero-order chi connectivity index (χ0) is 14.8. The SMILES string of the molecule is C=C1[C@@H](C)CC[C@]2(C)C(=O)/C(=C/SCCCC)CC[C@@H]12. The fraction of sp³-hybridized carbons (Fsp3) is 0.722. The number of carbonyl (C=O) groups is 1. The van der Waals surface area contributed by atoms with Gasteiger partial charge in [-0.05, 0) is 55.1 Å². The lowest BCUT2D eigenvalue weighted by molar-refractivity contribution is -0.130. The van der Waals surface area contributed by atoms with Crippen LogP contribution in [0.25, 0.3) is 0 Å². The van der Waals surface area contributed by atoms with E-state index in [1.54, 1.807) is 0 Å². The molecule has 0 radical (unpaired) electrons. The zero-order valence-corrected chi connectivity index (χ0v) is 14.0. The van der Waals surface area contributed by atoms with Crippen molar-refractivity contribution in [2.75, 3.05) is 5.75 Å². The molecular formula is C18H28OS. The van der Waals surface area contributed by atoms with Crippen LogP contribution in [0.15, 0.2) is 23.1 Å². The number of ketones is 1. The van der Waals surface area contributed by atoms with E-state index in [1.165, 1.54) is 18.4 Å². The molecule has 0 heterocycles. The average Bonchev–Trinajstić information content (AvgIpc) is 2.43. The summed E-state index contributed by atoms with van der Waals surface area (Å²) in [4.78, 5) is 12.9. The molecule has 0 saturated heterocycles. The Labute approximate surface area is 128 Å². The van der Waals surface area contributed by atoms with Gasteiger partial charge >= 0.3 is 0 Å². The fourth-order valence-corrected chi connectivity index (χ4v) is 4.68. The number of Topliss-reactive ketones (excluding diaryl/α,β-unsaturated/α-hetero) is 1. The van der Waals surface area contributed by atoms with Crippen LogP contribution in [0.4, 0.5) is 0 Å². The molecule has 0 aromatic carbocycles. The minimum atomic E-state index is -0.168. The van der Waals surface area contributed by atoms with Gasteiger partial charge in [0.15, 0.2) is 5.78 Å². The van der Waals surface area contributed by atoms with E-state index in [1.807, 2.05) is 11.8 Å². The number of allylic oxidation sites excluding steroid dienone is 2. The second-order valence-corrected chi connectivity index (χ2v) is 7.70. The number of carbonyl (C=O) groups excluding carboxylic acids is 1. The smallest absolute Gasteiger partial charge is 0.165 e. The molecule has 2 heteroatoms. The topological polar surface area (TPSA) is 17.1 Å². The Morgan fingerprint density at radius 3 is 2.90 bits per heavy atom. The second-order valence-electron chi connectivity index (χ2n) is 6.72. The summed E-state index contributed by atoms with van der Waals surface area (Å²) in [6.07, 6.45) is 6.68. The minimum Gasteiger partial charge on any atom is -0.294 e. The van der Waals surface area contributed by atoms with Crippen LogP contribution in [0.1, 0.15) is 59.3 Å². The molecule has 0 bridgehead atoms. The summed E-state index contributed by atoms with van der Waals surface area (Å²) < 4.78 is 0. The van der Waals surface area contributed by atoms with Crippen molar-refractivity contribution >= 4 is 17.5 Å². The van der Waals surface area contributed by atoms with Crippen LogP contribution in [-0.4, -0.2) is 11.5 Å². The highest BCUT2D eigenvalue weighted by Crippen LogP contribution is 2.53. The van der Waals surface area contributed by atoms with Crippen molar-refractivity contribution in [3.63, 3.8) is 0 Å². The van der Waals surface area contributed by atoms with Crippen molar-refractivity contribution in [3.05, 3.63) is 23.1 Å². The van der Waals surface area contributed by atoms with E-state index < -0.39 is 0 Å². The van der Waals surface area contributed by atoms with Crippen LogP contribution < -0.4 is 0 Å². The quantitative estimate of drug-likeness (QED) is 0.393. The summed E-state index contributed by atoms with van der Waals surface area (Å²) in [7, 11) is 0. The van der Waals surface area contributed by atoms with Crippen LogP contribution in [0, 0.1) is 17.3 Å². The van der Waals surface area contributed by atoms with E-state index >= 15 is 0 Å². The lowest BCUT2D eigenvalue weighted by atomic mass is 9.55. The molecule has 0 unspecified atom stereocenters. The molecular weight excluding hydrogens is 264 g/mol. The predicted molar refractivity (Wildman–Crippen MR) is 88.8 cm³/mol. The van der Waals surface area contributed by atoms with E-state index in [4.69, 9.17) is 0 Å². The fourth-order valence-electron chi connectivity index (χ4n) is 3.68. The van der Waals surface area contributed by atoms with Gasteiger partial charge in [0.05, 0.1) is 0 Å². The molecule has 1 nitrogen and oxygen atoms in total. The molecule has 0 aliphatic heterocycles. The number of hydrogen-bond donors (Lipinski definition) is 0. The summed E-state index contributed by atoms with van der Waals surface area (Å²) >= 11 is 1.82. The first kappa shape index (κ1) is 15.9. The van der Waals surface area contributed by atoms with E-state index in [9.17, 15) is 4.79 Å². The first-order valence-corrected chi connectivity index (χ1v) is 9.09. The van der Waals surface area contributed by atoms with E-state index in [-0.39, 0.29) is 5.41 Å². The first-order valence-electron chi connectivity index (χ1n) is 8.04. The lowest BCUT2D eigenvalue weighted by Crippen LogP contribution is -2.45. The van der Waals surface area contributed by atoms with Crippen molar-refractivity contribution in [3.8, 4) is 0 Å². The molecule has 0 N–H and O–H groups in total. The van der Waals surface area contributed by atoms with Gasteiger partial charge in [-0.2, -0.15) is 0 Å². The van der Waals surface area contributed by atoms with Crippen molar-refractivity contribution in [2.24, 2.45) is 17.3 Å². The van der Waals surface area contributed by atoms with Gasteiger partial charge in [-0.3, -0.25) is 4.79 Å².